The lowest BCUT2D eigenvalue weighted by atomic mass is 10.0. The van der Waals surface area contributed by atoms with Gasteiger partial charge in [0.15, 0.2) is 11.4 Å². The number of ether oxygens (including phenoxy) is 1. The van der Waals surface area contributed by atoms with Crippen molar-refractivity contribution < 1.29 is 22.3 Å². The molecule has 0 bridgehead atoms. The topological polar surface area (TPSA) is 91.2 Å². The van der Waals surface area contributed by atoms with Crippen molar-refractivity contribution in [1.29, 1.82) is 0 Å². The van der Waals surface area contributed by atoms with Gasteiger partial charge in [-0.05, 0) is 76.8 Å². The summed E-state index contributed by atoms with van der Waals surface area (Å²) in [6.45, 7) is 0. The second-order valence-corrected chi connectivity index (χ2v) is 11.2. The largest absolute Gasteiger partial charge is 0.497 e. The number of hydrogen-bond donors (Lipinski definition) is 0. The average molecular weight is 594 g/mol. The van der Waals surface area contributed by atoms with Gasteiger partial charge in [-0.15, -0.1) is 0 Å². The van der Waals surface area contributed by atoms with Crippen molar-refractivity contribution in [3.63, 3.8) is 0 Å². The Morgan fingerprint density at radius 2 is 1.74 bits per heavy atom. The van der Waals surface area contributed by atoms with Crippen LogP contribution in [-0.4, -0.2) is 35.3 Å². The molecule has 0 aliphatic carbocycles. The molecule has 0 saturated carbocycles. The second-order valence-electron chi connectivity index (χ2n) is 8.50. The highest BCUT2D eigenvalue weighted by molar-refractivity contribution is 9.10. The molecular formula is C28H21BrFN3O4S. The maximum atomic E-state index is 15.1. The Hall–Kier alpha value is -3.89. The van der Waals surface area contributed by atoms with E-state index in [1.54, 1.807) is 37.4 Å². The molecule has 0 aliphatic rings. The number of rotatable bonds is 8. The second kappa shape index (κ2) is 10.5. The molecule has 3 aromatic heterocycles. The first-order valence-corrected chi connectivity index (χ1v) is 13.8. The van der Waals surface area contributed by atoms with Crippen LogP contribution >= 0.6 is 15.9 Å². The zero-order chi connectivity index (χ0) is 26.9. The van der Waals surface area contributed by atoms with E-state index < -0.39 is 21.8 Å². The zero-order valence-electron chi connectivity index (χ0n) is 20.1. The van der Waals surface area contributed by atoms with E-state index in [0.29, 0.717) is 23.0 Å². The number of fused-ring (bicyclic) bond motifs is 1. The molecule has 10 heteroatoms. The van der Waals surface area contributed by atoms with Gasteiger partial charge in [0, 0.05) is 27.9 Å². The molecule has 0 spiro atoms. The van der Waals surface area contributed by atoms with Crippen LogP contribution < -0.4 is 4.74 Å². The lowest BCUT2D eigenvalue weighted by molar-refractivity contribution is 0.103. The Morgan fingerprint density at radius 3 is 2.42 bits per heavy atom. The molecule has 0 amide bonds. The maximum absolute atomic E-state index is 15.1. The van der Waals surface area contributed by atoms with Gasteiger partial charge in [-0.3, -0.25) is 4.79 Å². The number of methoxy groups -OCH3 is 1. The SMILES string of the molecule is COc1ccc(CCc2ccc(C(=O)c3cn(S(=O)(=O)c4ccccc4)c4ncc(Br)cc34)c(F)n2)cc1. The number of aromatic nitrogens is 3. The van der Waals surface area contributed by atoms with E-state index in [4.69, 9.17) is 4.74 Å². The molecule has 5 aromatic rings. The molecule has 0 radical (unpaired) electrons. The Labute approximate surface area is 227 Å². The van der Waals surface area contributed by atoms with E-state index in [1.165, 1.54) is 30.6 Å². The van der Waals surface area contributed by atoms with Gasteiger partial charge in [-0.25, -0.2) is 22.4 Å². The predicted molar refractivity (Wildman–Crippen MR) is 144 cm³/mol. The number of aryl methyl sites for hydroxylation is 2. The third-order valence-corrected chi connectivity index (χ3v) is 8.20. The number of benzene rings is 2. The minimum atomic E-state index is -4.06. The van der Waals surface area contributed by atoms with Crippen molar-refractivity contribution >= 4 is 42.8 Å². The Kier molecular flexibility index (Phi) is 7.09. The molecule has 0 saturated heterocycles. The highest BCUT2D eigenvalue weighted by Crippen LogP contribution is 2.29. The number of nitrogens with zero attached hydrogens (tertiary/aromatic N) is 3. The molecule has 0 unspecified atom stereocenters. The Balaban J connectivity index is 1.47. The zero-order valence-corrected chi connectivity index (χ0v) is 22.5. The molecule has 7 nitrogen and oxygen atoms in total. The molecule has 0 N–H and O–H groups in total. The van der Waals surface area contributed by atoms with Crippen molar-refractivity contribution in [1.82, 2.24) is 13.9 Å². The van der Waals surface area contributed by atoms with E-state index in [2.05, 4.69) is 25.9 Å². The average Bonchev–Trinajstić information content (AvgIpc) is 3.32. The fraction of sp³-hybridized carbons (Fsp3) is 0.107. The van der Waals surface area contributed by atoms with Gasteiger partial charge in [0.05, 0.1) is 23.1 Å². The maximum Gasteiger partial charge on any atom is 0.269 e. The third-order valence-electron chi connectivity index (χ3n) is 6.10. The van der Waals surface area contributed by atoms with Crippen LogP contribution in [0.3, 0.4) is 0 Å². The first-order valence-electron chi connectivity index (χ1n) is 11.6. The standard InChI is InChI=1S/C28H21BrFN3O4S/c1-37-21-12-8-18(9-13-21)7-10-20-11-14-23(27(30)32-20)26(34)25-17-33(28-24(25)15-19(29)16-31-28)38(35,36)22-5-3-2-4-6-22/h2-6,8-9,11-17H,7,10H2,1H3. The lowest BCUT2D eigenvalue weighted by Gasteiger charge is -2.06. The molecule has 192 valence electrons. The summed E-state index contributed by atoms with van der Waals surface area (Å²) >= 11 is 3.32. The number of carbonyl (C=O) groups excluding carboxylic acids is 1. The van der Waals surface area contributed by atoms with Crippen molar-refractivity contribution in [3.8, 4) is 5.75 Å². The fourth-order valence-electron chi connectivity index (χ4n) is 4.11. The fourth-order valence-corrected chi connectivity index (χ4v) is 5.79. The predicted octanol–water partition coefficient (Wildman–Crippen LogP) is 5.59. The van der Waals surface area contributed by atoms with E-state index in [0.717, 1.165) is 15.3 Å². The van der Waals surface area contributed by atoms with Gasteiger partial charge in [-0.1, -0.05) is 30.3 Å². The Morgan fingerprint density at radius 1 is 1.00 bits per heavy atom. The van der Waals surface area contributed by atoms with E-state index in [-0.39, 0.29) is 27.1 Å². The summed E-state index contributed by atoms with van der Waals surface area (Å²) in [6.07, 6.45) is 3.73. The molecule has 0 fully saturated rings. The molecule has 2 aromatic carbocycles. The van der Waals surface area contributed by atoms with Crippen LogP contribution in [-0.2, 0) is 22.9 Å². The summed E-state index contributed by atoms with van der Waals surface area (Å²) in [7, 11) is -2.46. The van der Waals surface area contributed by atoms with E-state index >= 15 is 4.39 Å². The van der Waals surface area contributed by atoms with Gasteiger partial charge in [0.2, 0.25) is 5.95 Å². The van der Waals surface area contributed by atoms with Gasteiger partial charge in [0.25, 0.3) is 10.0 Å². The number of hydrogen-bond acceptors (Lipinski definition) is 6. The minimum Gasteiger partial charge on any atom is -0.497 e. The summed E-state index contributed by atoms with van der Waals surface area (Å²) in [5, 5.41) is 0.270. The van der Waals surface area contributed by atoms with E-state index in [1.807, 2.05) is 24.3 Å². The third kappa shape index (κ3) is 4.97. The van der Waals surface area contributed by atoms with Crippen LogP contribution in [0.25, 0.3) is 11.0 Å². The van der Waals surface area contributed by atoms with Crippen molar-refractivity contribution in [3.05, 3.63) is 118 Å². The van der Waals surface area contributed by atoms with Crippen LogP contribution in [0.1, 0.15) is 27.2 Å². The first-order chi connectivity index (χ1) is 18.3. The molecule has 38 heavy (non-hydrogen) atoms. The summed E-state index contributed by atoms with van der Waals surface area (Å²) in [4.78, 5) is 21.8. The minimum absolute atomic E-state index is 0.0000102. The van der Waals surface area contributed by atoms with Crippen molar-refractivity contribution in [2.75, 3.05) is 7.11 Å². The first kappa shape index (κ1) is 25.7. The van der Waals surface area contributed by atoms with Gasteiger partial charge < -0.3 is 4.74 Å². The van der Waals surface area contributed by atoms with Crippen LogP contribution in [0.15, 0.2) is 94.6 Å². The summed E-state index contributed by atoms with van der Waals surface area (Å²) in [6, 6.07) is 20.0. The Bertz CT molecular complexity index is 1760. The number of ketones is 1. The van der Waals surface area contributed by atoms with E-state index in [9.17, 15) is 13.2 Å². The lowest BCUT2D eigenvalue weighted by Crippen LogP contribution is -2.12. The molecular weight excluding hydrogens is 573 g/mol. The van der Waals surface area contributed by atoms with Crippen LogP contribution in [0.5, 0.6) is 5.75 Å². The number of pyridine rings is 2. The van der Waals surface area contributed by atoms with Crippen molar-refractivity contribution in [2.24, 2.45) is 0 Å². The number of carbonyl (C=O) groups is 1. The molecule has 0 aliphatic heterocycles. The van der Waals surface area contributed by atoms with Gasteiger partial charge in [0.1, 0.15) is 5.75 Å². The summed E-state index contributed by atoms with van der Waals surface area (Å²) in [5.74, 6) is -0.860. The molecule has 0 atom stereocenters. The molecule has 3 heterocycles. The highest BCUT2D eigenvalue weighted by Gasteiger charge is 2.27. The number of halogens is 2. The summed E-state index contributed by atoms with van der Waals surface area (Å²) < 4.78 is 48.4. The normalized spacial score (nSPS) is 11.6. The van der Waals surface area contributed by atoms with Gasteiger partial charge in [-0.2, -0.15) is 4.39 Å². The molecule has 5 rings (SSSR count). The van der Waals surface area contributed by atoms with Gasteiger partial charge >= 0.3 is 0 Å². The summed E-state index contributed by atoms with van der Waals surface area (Å²) in [5.41, 5.74) is 1.34. The monoisotopic (exact) mass is 593 g/mol. The van der Waals surface area contributed by atoms with Crippen molar-refractivity contribution in [2.45, 2.75) is 17.7 Å². The highest BCUT2D eigenvalue weighted by atomic mass is 79.9. The van der Waals surface area contributed by atoms with Crippen LogP contribution in [0, 0.1) is 5.95 Å². The smallest absolute Gasteiger partial charge is 0.269 e. The van der Waals surface area contributed by atoms with Crippen LogP contribution in [0.4, 0.5) is 4.39 Å². The van der Waals surface area contributed by atoms with Crippen LogP contribution in [0.2, 0.25) is 0 Å². The quantitative estimate of drug-likeness (QED) is 0.172.